The summed E-state index contributed by atoms with van der Waals surface area (Å²) in [5.41, 5.74) is 1.74. The van der Waals surface area contributed by atoms with Crippen LogP contribution in [0.3, 0.4) is 0 Å². The number of pyridine rings is 1. The largest absolute Gasteiger partial charge is 0.469 e. The van der Waals surface area contributed by atoms with E-state index < -0.39 is 0 Å². The SMILES string of the molecule is COC(=O)C1CC(=O)N(c2cnccc2C)C1. The normalized spacial score (nSPS) is 19.5. The highest BCUT2D eigenvalue weighted by molar-refractivity contribution is 5.99. The van der Waals surface area contributed by atoms with Crippen LogP contribution in [0.5, 0.6) is 0 Å². The van der Waals surface area contributed by atoms with Crippen LogP contribution >= 0.6 is 0 Å². The maximum Gasteiger partial charge on any atom is 0.311 e. The second kappa shape index (κ2) is 4.53. The number of hydrogen-bond acceptors (Lipinski definition) is 4. The number of rotatable bonds is 2. The van der Waals surface area contributed by atoms with Crippen molar-refractivity contribution in [3.63, 3.8) is 0 Å². The number of anilines is 1. The Morgan fingerprint density at radius 1 is 1.59 bits per heavy atom. The summed E-state index contributed by atoms with van der Waals surface area (Å²) < 4.78 is 4.66. The van der Waals surface area contributed by atoms with Gasteiger partial charge in [0.25, 0.3) is 0 Å². The Kier molecular flexibility index (Phi) is 3.08. The van der Waals surface area contributed by atoms with Gasteiger partial charge in [-0.2, -0.15) is 0 Å². The zero-order chi connectivity index (χ0) is 12.4. The van der Waals surface area contributed by atoms with E-state index >= 15 is 0 Å². The van der Waals surface area contributed by atoms with Crippen molar-refractivity contribution in [2.45, 2.75) is 13.3 Å². The lowest BCUT2D eigenvalue weighted by Gasteiger charge is -2.17. The van der Waals surface area contributed by atoms with Crippen LogP contribution in [-0.4, -0.2) is 30.5 Å². The van der Waals surface area contributed by atoms with Crippen molar-refractivity contribution in [1.29, 1.82) is 0 Å². The van der Waals surface area contributed by atoms with E-state index in [1.807, 2.05) is 13.0 Å². The second-order valence-electron chi connectivity index (χ2n) is 4.09. The summed E-state index contributed by atoms with van der Waals surface area (Å²) >= 11 is 0. The fourth-order valence-corrected chi connectivity index (χ4v) is 2.00. The van der Waals surface area contributed by atoms with Gasteiger partial charge in [0.05, 0.1) is 24.9 Å². The molecule has 5 heteroatoms. The van der Waals surface area contributed by atoms with Crippen molar-refractivity contribution in [2.75, 3.05) is 18.6 Å². The molecule has 0 aromatic carbocycles. The van der Waals surface area contributed by atoms with Crippen molar-refractivity contribution < 1.29 is 14.3 Å². The number of esters is 1. The Bertz CT molecular complexity index is 459. The Labute approximate surface area is 99.4 Å². The Hall–Kier alpha value is -1.91. The number of hydrogen-bond donors (Lipinski definition) is 0. The van der Waals surface area contributed by atoms with Crippen molar-refractivity contribution in [3.8, 4) is 0 Å². The predicted molar refractivity (Wildman–Crippen MR) is 61.5 cm³/mol. The first kappa shape index (κ1) is 11.6. The van der Waals surface area contributed by atoms with Gasteiger partial charge >= 0.3 is 5.97 Å². The maximum atomic E-state index is 11.8. The standard InChI is InChI=1S/C12H14N2O3/c1-8-3-4-13-6-10(8)14-7-9(5-11(14)15)12(16)17-2/h3-4,6,9H,5,7H2,1-2H3. The van der Waals surface area contributed by atoms with Gasteiger partial charge in [0.2, 0.25) is 5.91 Å². The summed E-state index contributed by atoms with van der Waals surface area (Å²) in [5, 5.41) is 0. The van der Waals surface area contributed by atoms with Crippen molar-refractivity contribution in [3.05, 3.63) is 24.0 Å². The highest BCUT2D eigenvalue weighted by atomic mass is 16.5. The van der Waals surface area contributed by atoms with E-state index in [0.29, 0.717) is 6.54 Å². The van der Waals surface area contributed by atoms with Crippen molar-refractivity contribution in [2.24, 2.45) is 5.92 Å². The molecule has 1 aromatic heterocycles. The number of nitrogens with zero attached hydrogens (tertiary/aromatic N) is 2. The second-order valence-corrected chi connectivity index (χ2v) is 4.09. The minimum absolute atomic E-state index is 0.0588. The zero-order valence-electron chi connectivity index (χ0n) is 9.84. The van der Waals surface area contributed by atoms with E-state index in [1.165, 1.54) is 7.11 Å². The summed E-state index contributed by atoms with van der Waals surface area (Å²) in [6.07, 6.45) is 3.53. The van der Waals surface area contributed by atoms with Crippen molar-refractivity contribution >= 4 is 17.6 Å². The molecule has 1 aromatic rings. The number of aryl methyl sites for hydroxylation is 1. The van der Waals surface area contributed by atoms with E-state index in [9.17, 15) is 9.59 Å². The molecule has 1 unspecified atom stereocenters. The van der Waals surface area contributed by atoms with Crippen LogP contribution in [0.25, 0.3) is 0 Å². The van der Waals surface area contributed by atoms with Gasteiger partial charge in [0, 0.05) is 19.2 Å². The van der Waals surface area contributed by atoms with Gasteiger partial charge in [0.1, 0.15) is 0 Å². The summed E-state index contributed by atoms with van der Waals surface area (Å²) in [7, 11) is 1.34. The minimum Gasteiger partial charge on any atom is -0.469 e. The third-order valence-electron chi connectivity index (χ3n) is 2.96. The fourth-order valence-electron chi connectivity index (χ4n) is 2.00. The summed E-state index contributed by atoms with van der Waals surface area (Å²) in [6, 6.07) is 1.84. The molecule has 1 aliphatic rings. The molecule has 0 aliphatic carbocycles. The first-order chi connectivity index (χ1) is 8.13. The number of ether oxygens (including phenoxy) is 1. The van der Waals surface area contributed by atoms with E-state index in [2.05, 4.69) is 9.72 Å². The summed E-state index contributed by atoms with van der Waals surface area (Å²) in [6.45, 7) is 2.29. The number of amides is 1. The first-order valence-corrected chi connectivity index (χ1v) is 5.42. The number of carbonyl (C=O) groups is 2. The molecule has 0 spiro atoms. The molecule has 1 amide bonds. The minimum atomic E-state index is -0.368. The molecule has 0 N–H and O–H groups in total. The van der Waals surface area contributed by atoms with E-state index in [0.717, 1.165) is 11.3 Å². The summed E-state index contributed by atoms with van der Waals surface area (Å²) in [4.78, 5) is 28.9. The predicted octanol–water partition coefficient (Wildman–Crippen LogP) is 0.916. The number of aromatic nitrogens is 1. The monoisotopic (exact) mass is 234 g/mol. The average Bonchev–Trinajstić information content (AvgIpc) is 2.71. The maximum absolute atomic E-state index is 11.8. The molecule has 17 heavy (non-hydrogen) atoms. The molecule has 0 radical (unpaired) electrons. The first-order valence-electron chi connectivity index (χ1n) is 5.42. The van der Waals surface area contributed by atoms with Crippen LogP contribution < -0.4 is 4.90 Å². The smallest absolute Gasteiger partial charge is 0.311 e. The molecule has 5 nitrogen and oxygen atoms in total. The van der Waals surface area contributed by atoms with Crippen LogP contribution in [0.1, 0.15) is 12.0 Å². The molecular formula is C12H14N2O3. The van der Waals surface area contributed by atoms with Gasteiger partial charge in [-0.3, -0.25) is 14.6 Å². The molecule has 1 saturated heterocycles. The van der Waals surface area contributed by atoms with Crippen LogP contribution in [0.2, 0.25) is 0 Å². The zero-order valence-corrected chi connectivity index (χ0v) is 9.84. The van der Waals surface area contributed by atoms with Gasteiger partial charge in [-0.15, -0.1) is 0 Å². The van der Waals surface area contributed by atoms with Gasteiger partial charge in [-0.25, -0.2) is 0 Å². The van der Waals surface area contributed by atoms with Crippen LogP contribution in [-0.2, 0) is 14.3 Å². The molecular weight excluding hydrogens is 220 g/mol. The molecule has 0 bridgehead atoms. The lowest BCUT2D eigenvalue weighted by Crippen LogP contribution is -2.26. The van der Waals surface area contributed by atoms with Crippen LogP contribution in [0, 0.1) is 12.8 Å². The Morgan fingerprint density at radius 3 is 3.00 bits per heavy atom. The van der Waals surface area contributed by atoms with Crippen molar-refractivity contribution in [1.82, 2.24) is 4.98 Å². The third-order valence-corrected chi connectivity index (χ3v) is 2.96. The topological polar surface area (TPSA) is 59.5 Å². The lowest BCUT2D eigenvalue weighted by molar-refractivity contribution is -0.145. The van der Waals surface area contributed by atoms with Gasteiger partial charge in [0.15, 0.2) is 0 Å². The molecule has 90 valence electrons. The van der Waals surface area contributed by atoms with Crippen LogP contribution in [0.4, 0.5) is 5.69 Å². The molecule has 2 heterocycles. The van der Waals surface area contributed by atoms with E-state index in [4.69, 9.17) is 0 Å². The van der Waals surface area contributed by atoms with Gasteiger partial charge in [-0.05, 0) is 18.6 Å². The molecule has 1 aliphatic heterocycles. The Morgan fingerprint density at radius 2 is 2.35 bits per heavy atom. The molecule has 2 rings (SSSR count). The fraction of sp³-hybridized carbons (Fsp3) is 0.417. The summed E-state index contributed by atoms with van der Waals surface area (Å²) in [5.74, 6) is -0.758. The highest BCUT2D eigenvalue weighted by Crippen LogP contribution is 2.27. The molecule has 0 saturated carbocycles. The lowest BCUT2D eigenvalue weighted by atomic mass is 10.1. The quantitative estimate of drug-likeness (QED) is 0.714. The van der Waals surface area contributed by atoms with E-state index in [-0.39, 0.29) is 24.2 Å². The molecule has 1 atom stereocenters. The van der Waals surface area contributed by atoms with E-state index in [1.54, 1.807) is 17.3 Å². The van der Waals surface area contributed by atoms with Gasteiger partial charge < -0.3 is 9.64 Å². The number of carbonyl (C=O) groups excluding carboxylic acids is 2. The highest BCUT2D eigenvalue weighted by Gasteiger charge is 2.36. The third kappa shape index (κ3) is 2.13. The Balaban J connectivity index is 2.22. The molecule has 1 fully saturated rings. The average molecular weight is 234 g/mol. The van der Waals surface area contributed by atoms with Gasteiger partial charge in [-0.1, -0.05) is 0 Å². The number of methoxy groups -OCH3 is 1. The van der Waals surface area contributed by atoms with Crippen LogP contribution in [0.15, 0.2) is 18.5 Å².